The number of hydrogen-bond donors (Lipinski definition) is 0. The average molecular weight is 474 g/mol. The molecular weight excluding hydrogens is 446 g/mol. The molecule has 0 bridgehead atoms. The van der Waals surface area contributed by atoms with E-state index in [2.05, 4.69) is 29.0 Å². The first-order valence-electron chi connectivity index (χ1n) is 11.9. The van der Waals surface area contributed by atoms with Gasteiger partial charge in [0.15, 0.2) is 11.2 Å². The van der Waals surface area contributed by atoms with Crippen LogP contribution >= 0.6 is 0 Å². The summed E-state index contributed by atoms with van der Waals surface area (Å²) in [5, 5.41) is 8.54. The number of aromatic nitrogens is 7. The minimum atomic E-state index is -0.318. The standard InChI is InChI=1S/C25H27N7O3/c1-5-18-9-17(8-14(2)34-18)32-23-22-20(7-6-19(28-22)15-10-26-30(3)12-15)35-24(23)21(29-25(32)33)16-11-27-31(4)13-16/h6-7,10-14,17-18H,5,8-9H2,1-4H3. The van der Waals surface area contributed by atoms with Crippen LogP contribution in [0.5, 0.6) is 0 Å². The fourth-order valence-corrected chi connectivity index (χ4v) is 5.13. The highest BCUT2D eigenvalue weighted by Crippen LogP contribution is 2.38. The van der Waals surface area contributed by atoms with E-state index in [1.54, 1.807) is 26.3 Å². The minimum Gasteiger partial charge on any atom is -0.450 e. The van der Waals surface area contributed by atoms with E-state index in [0.29, 0.717) is 34.3 Å². The van der Waals surface area contributed by atoms with Crippen LogP contribution in [0.2, 0.25) is 0 Å². The monoisotopic (exact) mass is 473 g/mol. The largest absolute Gasteiger partial charge is 0.450 e. The van der Waals surface area contributed by atoms with Crippen molar-refractivity contribution in [2.45, 2.75) is 51.4 Å². The van der Waals surface area contributed by atoms with Crippen molar-refractivity contribution >= 4 is 22.2 Å². The van der Waals surface area contributed by atoms with E-state index in [1.165, 1.54) is 0 Å². The zero-order valence-corrected chi connectivity index (χ0v) is 20.2. The Morgan fingerprint density at radius 2 is 1.77 bits per heavy atom. The van der Waals surface area contributed by atoms with Crippen molar-refractivity contribution in [1.82, 2.24) is 34.1 Å². The molecule has 1 fully saturated rings. The Labute approximate surface area is 201 Å². The Hall–Kier alpha value is -3.79. The molecule has 1 aliphatic rings. The third kappa shape index (κ3) is 3.65. The van der Waals surface area contributed by atoms with Gasteiger partial charge in [0.2, 0.25) is 0 Å². The molecule has 3 atom stereocenters. The van der Waals surface area contributed by atoms with E-state index in [1.807, 2.05) is 38.6 Å². The normalized spacial score (nSPS) is 20.7. The highest BCUT2D eigenvalue weighted by molar-refractivity contribution is 6.05. The van der Waals surface area contributed by atoms with Gasteiger partial charge in [-0.25, -0.2) is 9.78 Å². The van der Waals surface area contributed by atoms with Gasteiger partial charge in [-0.05, 0) is 38.3 Å². The molecule has 1 saturated heterocycles. The molecule has 10 nitrogen and oxygen atoms in total. The second-order valence-corrected chi connectivity index (χ2v) is 9.34. The Morgan fingerprint density at radius 1 is 1.03 bits per heavy atom. The number of ether oxygens (including phenoxy) is 1. The molecule has 6 rings (SSSR count). The molecule has 0 aliphatic carbocycles. The molecule has 6 heterocycles. The van der Waals surface area contributed by atoms with Crippen molar-refractivity contribution in [3.8, 4) is 22.5 Å². The molecule has 5 aromatic heterocycles. The van der Waals surface area contributed by atoms with E-state index in [-0.39, 0.29) is 23.9 Å². The summed E-state index contributed by atoms with van der Waals surface area (Å²) < 4.78 is 17.6. The highest BCUT2D eigenvalue weighted by Gasteiger charge is 2.32. The molecule has 0 N–H and O–H groups in total. The molecule has 1 aliphatic heterocycles. The van der Waals surface area contributed by atoms with E-state index in [9.17, 15) is 4.79 Å². The first-order chi connectivity index (χ1) is 16.9. The van der Waals surface area contributed by atoms with Crippen LogP contribution in [0.4, 0.5) is 0 Å². The van der Waals surface area contributed by atoms with Crippen molar-refractivity contribution in [3.05, 3.63) is 47.4 Å². The predicted molar refractivity (Wildman–Crippen MR) is 131 cm³/mol. The average Bonchev–Trinajstić information content (AvgIpc) is 3.56. The van der Waals surface area contributed by atoms with Crippen LogP contribution in [0, 0.1) is 0 Å². The molecule has 0 amide bonds. The smallest absolute Gasteiger partial charge is 0.349 e. The van der Waals surface area contributed by atoms with Gasteiger partial charge in [0, 0.05) is 43.7 Å². The number of nitrogens with zero attached hydrogens (tertiary/aromatic N) is 7. The molecule has 10 heteroatoms. The van der Waals surface area contributed by atoms with Gasteiger partial charge in [-0.15, -0.1) is 0 Å². The summed E-state index contributed by atoms with van der Waals surface area (Å²) in [7, 11) is 3.70. The quantitative estimate of drug-likeness (QED) is 0.390. The zero-order valence-electron chi connectivity index (χ0n) is 20.2. The maximum Gasteiger partial charge on any atom is 0.349 e. The summed E-state index contributed by atoms with van der Waals surface area (Å²) in [6.45, 7) is 4.16. The van der Waals surface area contributed by atoms with E-state index in [4.69, 9.17) is 14.1 Å². The van der Waals surface area contributed by atoms with Crippen molar-refractivity contribution in [2.24, 2.45) is 14.1 Å². The van der Waals surface area contributed by atoms with Crippen LogP contribution in [0.25, 0.3) is 44.7 Å². The van der Waals surface area contributed by atoms with Crippen LogP contribution < -0.4 is 5.69 Å². The lowest BCUT2D eigenvalue weighted by molar-refractivity contribution is -0.0594. The fraction of sp³-hybridized carbons (Fsp3) is 0.400. The number of rotatable bonds is 4. The molecule has 0 radical (unpaired) electrons. The summed E-state index contributed by atoms with van der Waals surface area (Å²) in [4.78, 5) is 23.1. The van der Waals surface area contributed by atoms with Crippen LogP contribution in [-0.2, 0) is 18.8 Å². The Morgan fingerprint density at radius 3 is 2.46 bits per heavy atom. The maximum absolute atomic E-state index is 13.6. The highest BCUT2D eigenvalue weighted by atomic mass is 16.5. The summed E-state index contributed by atoms with van der Waals surface area (Å²) >= 11 is 0. The van der Waals surface area contributed by atoms with Crippen molar-refractivity contribution in [1.29, 1.82) is 0 Å². The van der Waals surface area contributed by atoms with Crippen molar-refractivity contribution in [3.63, 3.8) is 0 Å². The van der Waals surface area contributed by atoms with Crippen LogP contribution in [-0.4, -0.2) is 46.3 Å². The number of furan rings is 1. The number of aryl methyl sites for hydroxylation is 2. The van der Waals surface area contributed by atoms with Crippen molar-refractivity contribution in [2.75, 3.05) is 0 Å². The minimum absolute atomic E-state index is 0.0377. The Balaban J connectivity index is 1.65. The number of fused-ring (bicyclic) bond motifs is 3. The predicted octanol–water partition coefficient (Wildman–Crippen LogP) is 3.86. The summed E-state index contributed by atoms with van der Waals surface area (Å²) in [5.41, 5.74) is 4.98. The molecule has 5 aromatic rings. The lowest BCUT2D eigenvalue weighted by Gasteiger charge is -2.34. The lowest BCUT2D eigenvalue weighted by atomic mass is 9.97. The summed E-state index contributed by atoms with van der Waals surface area (Å²) in [6.07, 6.45) is 9.67. The SMILES string of the molecule is CCC1CC(n2c(=O)nc(-c3cnn(C)c3)c3oc4ccc(-c5cnn(C)c5)nc4c32)CC(C)O1. The van der Waals surface area contributed by atoms with Gasteiger partial charge in [0.25, 0.3) is 0 Å². The topological polar surface area (TPSA) is 106 Å². The number of hydrogen-bond acceptors (Lipinski definition) is 7. The molecule has 35 heavy (non-hydrogen) atoms. The van der Waals surface area contributed by atoms with Gasteiger partial charge >= 0.3 is 5.69 Å². The molecule has 0 saturated carbocycles. The second-order valence-electron chi connectivity index (χ2n) is 9.34. The first kappa shape index (κ1) is 21.7. The molecular formula is C25H27N7O3. The van der Waals surface area contributed by atoms with Crippen LogP contribution in [0.3, 0.4) is 0 Å². The Bertz CT molecular complexity index is 1610. The van der Waals surface area contributed by atoms with Gasteiger partial charge in [0.1, 0.15) is 16.7 Å². The number of pyridine rings is 1. The molecule has 0 spiro atoms. The van der Waals surface area contributed by atoms with E-state index < -0.39 is 0 Å². The second kappa shape index (κ2) is 8.16. The van der Waals surface area contributed by atoms with Crippen LogP contribution in [0.15, 0.2) is 46.1 Å². The van der Waals surface area contributed by atoms with E-state index in [0.717, 1.165) is 29.7 Å². The zero-order chi connectivity index (χ0) is 24.3. The first-order valence-corrected chi connectivity index (χ1v) is 11.9. The molecule has 3 unspecified atom stereocenters. The molecule has 0 aromatic carbocycles. The fourth-order valence-electron chi connectivity index (χ4n) is 5.13. The summed E-state index contributed by atoms with van der Waals surface area (Å²) in [5.74, 6) is 0. The third-order valence-corrected chi connectivity index (χ3v) is 6.74. The van der Waals surface area contributed by atoms with Gasteiger partial charge in [-0.3, -0.25) is 13.9 Å². The van der Waals surface area contributed by atoms with Gasteiger partial charge < -0.3 is 9.15 Å². The summed E-state index contributed by atoms with van der Waals surface area (Å²) in [6, 6.07) is 3.73. The Kier molecular flexibility index (Phi) is 5.06. The lowest BCUT2D eigenvalue weighted by Crippen LogP contribution is -2.37. The van der Waals surface area contributed by atoms with Crippen LogP contribution in [0.1, 0.15) is 39.2 Å². The van der Waals surface area contributed by atoms with E-state index >= 15 is 0 Å². The third-order valence-electron chi connectivity index (χ3n) is 6.74. The van der Waals surface area contributed by atoms with Gasteiger partial charge in [0.05, 0.1) is 30.3 Å². The van der Waals surface area contributed by atoms with Crippen molar-refractivity contribution < 1.29 is 9.15 Å². The van der Waals surface area contributed by atoms with Gasteiger partial charge in [-0.2, -0.15) is 15.2 Å². The maximum atomic E-state index is 13.6. The van der Waals surface area contributed by atoms with Gasteiger partial charge in [-0.1, -0.05) is 6.92 Å². The molecule has 180 valence electrons.